The maximum atomic E-state index is 13.0. The molecule has 0 aliphatic rings. The lowest BCUT2D eigenvalue weighted by molar-refractivity contribution is 0.199. The Balaban J connectivity index is 1.53. The number of benzene rings is 2. The maximum Gasteiger partial charge on any atom is 0.330 e. The van der Waals surface area contributed by atoms with Gasteiger partial charge in [0.05, 0.1) is 19.4 Å². The minimum Gasteiger partial charge on any atom is -0.309 e. The van der Waals surface area contributed by atoms with Gasteiger partial charge >= 0.3 is 7.60 Å². The van der Waals surface area contributed by atoms with E-state index in [2.05, 4.69) is 74.5 Å². The van der Waals surface area contributed by atoms with Crippen LogP contribution < -0.4 is 10.6 Å². The van der Waals surface area contributed by atoms with Crippen LogP contribution in [0.15, 0.2) is 60.7 Å². The van der Waals surface area contributed by atoms with Crippen molar-refractivity contribution in [3.8, 4) is 0 Å². The number of rotatable bonds is 23. The molecule has 2 aromatic rings. The lowest BCUT2D eigenvalue weighted by Gasteiger charge is -2.18. The van der Waals surface area contributed by atoms with E-state index in [-0.39, 0.29) is 7.92 Å². The van der Waals surface area contributed by atoms with E-state index in [1.807, 2.05) is 0 Å². The van der Waals surface area contributed by atoms with E-state index in [1.54, 1.807) is 0 Å². The van der Waals surface area contributed by atoms with Crippen molar-refractivity contribution >= 4 is 26.1 Å². The van der Waals surface area contributed by atoms with Crippen molar-refractivity contribution < 1.29 is 13.6 Å². The molecule has 3 nitrogen and oxygen atoms in total. The highest BCUT2D eigenvalue weighted by Crippen LogP contribution is 2.49. The van der Waals surface area contributed by atoms with Gasteiger partial charge in [-0.1, -0.05) is 139 Å². The molecular weight excluding hydrogens is 494 g/mol. The van der Waals surface area contributed by atoms with Crippen LogP contribution in [0.1, 0.15) is 104 Å². The number of hydrogen-bond donors (Lipinski definition) is 0. The predicted octanol–water partition coefficient (Wildman–Crippen LogP) is 9.85. The average molecular weight is 547 g/mol. The molecule has 208 valence electrons. The van der Waals surface area contributed by atoms with E-state index in [9.17, 15) is 4.57 Å². The lowest BCUT2D eigenvalue weighted by atomic mass is 10.1. The van der Waals surface area contributed by atoms with Crippen LogP contribution in [0.25, 0.3) is 0 Å². The summed E-state index contributed by atoms with van der Waals surface area (Å²) in [6.45, 7) is 5.36. The zero-order valence-corrected chi connectivity index (χ0v) is 25.4. The summed E-state index contributed by atoms with van der Waals surface area (Å²) < 4.78 is 24.4. The first kappa shape index (κ1) is 32.2. The summed E-state index contributed by atoms with van der Waals surface area (Å²) in [5, 5.41) is 3.00. The molecule has 0 fully saturated rings. The van der Waals surface area contributed by atoms with Gasteiger partial charge in [0.1, 0.15) is 0 Å². The van der Waals surface area contributed by atoms with Crippen molar-refractivity contribution in [2.24, 2.45) is 0 Å². The van der Waals surface area contributed by atoms with Gasteiger partial charge in [0.25, 0.3) is 0 Å². The molecule has 0 unspecified atom stereocenters. The minimum atomic E-state index is -2.90. The molecular formula is C32H52O3P2. The Labute approximate surface area is 229 Å². The third kappa shape index (κ3) is 14.7. The van der Waals surface area contributed by atoms with E-state index >= 15 is 0 Å². The molecule has 0 amide bonds. The van der Waals surface area contributed by atoms with Crippen LogP contribution >= 0.6 is 15.5 Å². The van der Waals surface area contributed by atoms with E-state index in [0.717, 1.165) is 38.5 Å². The molecule has 0 N–H and O–H groups in total. The Hall–Kier alpha value is -0.980. The van der Waals surface area contributed by atoms with E-state index in [1.165, 1.54) is 68.1 Å². The summed E-state index contributed by atoms with van der Waals surface area (Å²) in [6.07, 6.45) is 18.5. The number of unbranched alkanes of at least 4 members (excludes halogenated alkanes) is 11. The van der Waals surface area contributed by atoms with Crippen LogP contribution in [0, 0.1) is 0 Å². The third-order valence-electron chi connectivity index (χ3n) is 6.77. The molecule has 0 aliphatic carbocycles. The molecule has 0 bridgehead atoms. The summed E-state index contributed by atoms with van der Waals surface area (Å²) in [5.41, 5.74) is 0. The SMILES string of the molecule is CCCCOP(=O)(CCCCCCCCCCCCP(c1ccccc1)c1ccccc1)OCCCC. The van der Waals surface area contributed by atoms with Crippen LogP contribution in [0.2, 0.25) is 0 Å². The van der Waals surface area contributed by atoms with Crippen molar-refractivity contribution in [1.82, 2.24) is 0 Å². The zero-order chi connectivity index (χ0) is 26.4. The van der Waals surface area contributed by atoms with Gasteiger partial charge in [-0.05, 0) is 50.4 Å². The second-order valence-corrected chi connectivity index (χ2v) is 14.6. The molecule has 2 aromatic carbocycles. The number of hydrogen-bond acceptors (Lipinski definition) is 3. The fourth-order valence-electron chi connectivity index (χ4n) is 4.48. The predicted molar refractivity (Wildman–Crippen MR) is 164 cm³/mol. The molecule has 0 saturated carbocycles. The summed E-state index contributed by atoms with van der Waals surface area (Å²) in [5.74, 6) is 0. The highest BCUT2D eigenvalue weighted by molar-refractivity contribution is 7.73. The molecule has 2 rings (SSSR count). The second kappa shape index (κ2) is 20.9. The van der Waals surface area contributed by atoms with Crippen molar-refractivity contribution in [2.45, 2.75) is 104 Å². The first-order valence-electron chi connectivity index (χ1n) is 14.9. The van der Waals surface area contributed by atoms with E-state index in [0.29, 0.717) is 19.4 Å². The normalized spacial score (nSPS) is 11.9. The quantitative estimate of drug-likeness (QED) is 0.103. The fraction of sp³-hybridized carbons (Fsp3) is 0.625. The summed E-state index contributed by atoms with van der Waals surface area (Å²) >= 11 is 0. The summed E-state index contributed by atoms with van der Waals surface area (Å²) in [7, 11) is -3.14. The Morgan fingerprint density at radius 3 is 1.41 bits per heavy atom. The first-order valence-corrected chi connectivity index (χ1v) is 18.2. The highest BCUT2D eigenvalue weighted by Gasteiger charge is 2.23. The van der Waals surface area contributed by atoms with Gasteiger partial charge in [-0.25, -0.2) is 0 Å². The Bertz CT molecular complexity index is 775. The Morgan fingerprint density at radius 1 is 0.568 bits per heavy atom. The largest absolute Gasteiger partial charge is 0.330 e. The van der Waals surface area contributed by atoms with Crippen LogP contribution in [0.4, 0.5) is 0 Å². The maximum absolute atomic E-state index is 13.0. The van der Waals surface area contributed by atoms with Gasteiger partial charge in [0, 0.05) is 0 Å². The van der Waals surface area contributed by atoms with Crippen LogP contribution in [-0.4, -0.2) is 25.5 Å². The van der Waals surface area contributed by atoms with Crippen LogP contribution in [0.5, 0.6) is 0 Å². The van der Waals surface area contributed by atoms with Crippen LogP contribution in [-0.2, 0) is 13.6 Å². The molecule has 0 saturated heterocycles. The molecule has 0 radical (unpaired) electrons. The fourth-order valence-corrected chi connectivity index (χ4v) is 8.65. The average Bonchev–Trinajstić information content (AvgIpc) is 2.93. The molecule has 0 heterocycles. The van der Waals surface area contributed by atoms with Crippen molar-refractivity contribution in [1.29, 1.82) is 0 Å². The Kier molecular flexibility index (Phi) is 18.2. The van der Waals surface area contributed by atoms with Crippen molar-refractivity contribution in [3.05, 3.63) is 60.7 Å². The molecule has 37 heavy (non-hydrogen) atoms. The zero-order valence-electron chi connectivity index (χ0n) is 23.6. The highest BCUT2D eigenvalue weighted by atomic mass is 31.2. The molecule has 5 heteroatoms. The third-order valence-corrected chi connectivity index (χ3v) is 11.4. The molecule has 0 spiro atoms. The molecule has 0 atom stereocenters. The monoisotopic (exact) mass is 546 g/mol. The van der Waals surface area contributed by atoms with Gasteiger partial charge in [-0.2, -0.15) is 0 Å². The second-order valence-electron chi connectivity index (χ2n) is 10.1. The van der Waals surface area contributed by atoms with Gasteiger partial charge < -0.3 is 9.05 Å². The summed E-state index contributed by atoms with van der Waals surface area (Å²) in [4.78, 5) is 0. The smallest absolute Gasteiger partial charge is 0.309 e. The van der Waals surface area contributed by atoms with Gasteiger partial charge in [0.2, 0.25) is 0 Å². The molecule has 0 aromatic heterocycles. The van der Waals surface area contributed by atoms with Gasteiger partial charge in [0.15, 0.2) is 0 Å². The van der Waals surface area contributed by atoms with Gasteiger partial charge in [-0.3, -0.25) is 4.57 Å². The van der Waals surface area contributed by atoms with Crippen LogP contribution in [0.3, 0.4) is 0 Å². The standard InChI is InChI=1S/C32H52O3P2/c1-3-5-27-34-37(33,35-28-6-4-2)30-22-14-12-10-8-7-9-11-13-21-29-36(31-23-17-15-18-24-31)32-25-19-16-20-26-32/h15-20,23-26H,3-14,21-22,27-30H2,1-2H3. The van der Waals surface area contributed by atoms with Crippen molar-refractivity contribution in [3.63, 3.8) is 0 Å². The van der Waals surface area contributed by atoms with Gasteiger partial charge in [-0.15, -0.1) is 0 Å². The van der Waals surface area contributed by atoms with E-state index < -0.39 is 7.60 Å². The first-order chi connectivity index (χ1) is 18.2. The summed E-state index contributed by atoms with van der Waals surface area (Å²) in [6, 6.07) is 22.1. The topological polar surface area (TPSA) is 35.5 Å². The lowest BCUT2D eigenvalue weighted by Crippen LogP contribution is -2.13. The molecule has 0 aliphatic heterocycles. The van der Waals surface area contributed by atoms with Crippen molar-refractivity contribution in [2.75, 3.05) is 25.5 Å². The minimum absolute atomic E-state index is 0.243. The Morgan fingerprint density at radius 2 is 0.973 bits per heavy atom. The van der Waals surface area contributed by atoms with E-state index in [4.69, 9.17) is 9.05 Å².